The molecule has 0 atom stereocenters. The molecule has 0 bridgehead atoms. The summed E-state index contributed by atoms with van der Waals surface area (Å²) in [4.78, 5) is 29.5. The van der Waals surface area contributed by atoms with Crippen LogP contribution in [-0.4, -0.2) is 65.1 Å². The summed E-state index contributed by atoms with van der Waals surface area (Å²) in [5.74, 6) is 0.408. The second-order valence-corrected chi connectivity index (χ2v) is 7.44. The first-order valence-corrected chi connectivity index (χ1v) is 10.2. The Balaban J connectivity index is 1.43. The Hall–Kier alpha value is -3.74. The van der Waals surface area contributed by atoms with Crippen LogP contribution in [0, 0.1) is 6.92 Å². The lowest BCUT2D eigenvalue weighted by atomic mass is 10.1. The molecule has 1 saturated heterocycles. The standard InChI is InChI=1S/C24H24N4O3/c1-17-6-3-4-9-20(17)24(30)28-14-12-27(13-15-28)23(29)19-8-5-7-18(16-19)21-10-11-22(31-2)26-25-21/h3-11,16H,12-15H2,1-2H3. The second kappa shape index (κ2) is 8.95. The van der Waals surface area contributed by atoms with Crippen LogP contribution in [-0.2, 0) is 0 Å². The van der Waals surface area contributed by atoms with E-state index in [1.165, 1.54) is 7.11 Å². The normalized spacial score (nSPS) is 13.7. The van der Waals surface area contributed by atoms with E-state index in [4.69, 9.17) is 4.74 Å². The lowest BCUT2D eigenvalue weighted by Gasteiger charge is -2.35. The van der Waals surface area contributed by atoms with Crippen LogP contribution in [0.25, 0.3) is 11.3 Å². The molecule has 0 unspecified atom stereocenters. The number of carbonyl (C=O) groups excluding carboxylic acids is 2. The van der Waals surface area contributed by atoms with Crippen LogP contribution in [0.2, 0.25) is 0 Å². The predicted octanol–water partition coefficient (Wildman–Crippen LogP) is 3.06. The van der Waals surface area contributed by atoms with E-state index in [-0.39, 0.29) is 11.8 Å². The summed E-state index contributed by atoms with van der Waals surface area (Å²) >= 11 is 0. The molecule has 0 radical (unpaired) electrons. The number of hydrogen-bond donors (Lipinski definition) is 0. The van der Waals surface area contributed by atoms with Crippen LogP contribution >= 0.6 is 0 Å². The van der Waals surface area contributed by atoms with E-state index in [1.54, 1.807) is 17.0 Å². The van der Waals surface area contributed by atoms with Crippen LogP contribution in [0.15, 0.2) is 60.7 Å². The Labute approximate surface area is 181 Å². The molecule has 0 N–H and O–H groups in total. The highest BCUT2D eigenvalue weighted by Gasteiger charge is 2.26. The number of amides is 2. The van der Waals surface area contributed by atoms with Crippen molar-refractivity contribution in [3.8, 4) is 17.1 Å². The third-order valence-corrected chi connectivity index (χ3v) is 5.48. The first-order valence-electron chi connectivity index (χ1n) is 10.2. The van der Waals surface area contributed by atoms with Crippen molar-refractivity contribution in [2.75, 3.05) is 33.3 Å². The van der Waals surface area contributed by atoms with Crippen molar-refractivity contribution in [2.24, 2.45) is 0 Å². The molecule has 0 aliphatic carbocycles. The molecule has 31 heavy (non-hydrogen) atoms. The predicted molar refractivity (Wildman–Crippen MR) is 117 cm³/mol. The number of benzene rings is 2. The molecule has 1 aliphatic rings. The molecule has 3 aromatic rings. The highest BCUT2D eigenvalue weighted by atomic mass is 16.5. The van der Waals surface area contributed by atoms with Gasteiger partial charge in [-0.25, -0.2) is 0 Å². The van der Waals surface area contributed by atoms with Gasteiger partial charge >= 0.3 is 0 Å². The molecule has 2 aromatic carbocycles. The summed E-state index contributed by atoms with van der Waals surface area (Å²) in [6.07, 6.45) is 0. The molecule has 7 heteroatoms. The lowest BCUT2D eigenvalue weighted by Crippen LogP contribution is -2.50. The van der Waals surface area contributed by atoms with E-state index in [0.717, 1.165) is 16.7 Å². The van der Waals surface area contributed by atoms with Crippen molar-refractivity contribution >= 4 is 11.8 Å². The Morgan fingerprint density at radius 1 is 0.839 bits per heavy atom. The van der Waals surface area contributed by atoms with Crippen LogP contribution < -0.4 is 4.74 Å². The number of aryl methyl sites for hydroxylation is 1. The van der Waals surface area contributed by atoms with Crippen molar-refractivity contribution in [3.63, 3.8) is 0 Å². The van der Waals surface area contributed by atoms with E-state index in [2.05, 4.69) is 10.2 Å². The minimum absolute atomic E-state index is 0.0188. The van der Waals surface area contributed by atoms with Crippen LogP contribution in [0.5, 0.6) is 5.88 Å². The fourth-order valence-electron chi connectivity index (χ4n) is 3.67. The lowest BCUT2D eigenvalue weighted by molar-refractivity contribution is 0.0535. The monoisotopic (exact) mass is 416 g/mol. The van der Waals surface area contributed by atoms with Crippen molar-refractivity contribution in [3.05, 3.63) is 77.4 Å². The largest absolute Gasteiger partial charge is 0.480 e. The number of piperazine rings is 1. The van der Waals surface area contributed by atoms with E-state index in [1.807, 2.05) is 60.4 Å². The summed E-state index contributed by atoms with van der Waals surface area (Å²) in [5.41, 5.74) is 3.76. The number of carbonyl (C=O) groups is 2. The van der Waals surface area contributed by atoms with Gasteiger partial charge in [-0.05, 0) is 36.8 Å². The molecule has 0 saturated carbocycles. The maximum absolute atomic E-state index is 13.1. The minimum atomic E-state index is -0.0497. The zero-order valence-corrected chi connectivity index (χ0v) is 17.6. The molecule has 4 rings (SSSR count). The summed E-state index contributed by atoms with van der Waals surface area (Å²) in [5, 5.41) is 8.14. The van der Waals surface area contributed by atoms with Gasteiger partial charge in [0.2, 0.25) is 5.88 Å². The van der Waals surface area contributed by atoms with Crippen LogP contribution in [0.3, 0.4) is 0 Å². The number of hydrogen-bond acceptors (Lipinski definition) is 5. The van der Waals surface area contributed by atoms with Gasteiger partial charge in [0.1, 0.15) is 0 Å². The fourth-order valence-corrected chi connectivity index (χ4v) is 3.67. The number of methoxy groups -OCH3 is 1. The SMILES string of the molecule is COc1ccc(-c2cccc(C(=O)N3CCN(C(=O)c4ccccc4C)CC3)c2)nn1. The van der Waals surface area contributed by atoms with Crippen molar-refractivity contribution in [1.82, 2.24) is 20.0 Å². The summed E-state index contributed by atoms with van der Waals surface area (Å²) in [7, 11) is 1.54. The number of nitrogens with zero attached hydrogens (tertiary/aromatic N) is 4. The quantitative estimate of drug-likeness (QED) is 0.653. The van der Waals surface area contributed by atoms with Gasteiger partial charge in [-0.15, -0.1) is 10.2 Å². The summed E-state index contributed by atoms with van der Waals surface area (Å²) in [6.45, 7) is 3.98. The maximum atomic E-state index is 13.1. The van der Waals surface area contributed by atoms with Gasteiger partial charge in [0.05, 0.1) is 12.8 Å². The van der Waals surface area contributed by atoms with E-state index >= 15 is 0 Å². The third kappa shape index (κ3) is 4.40. The highest BCUT2D eigenvalue weighted by Crippen LogP contribution is 2.21. The molecule has 7 nitrogen and oxygen atoms in total. The molecule has 1 aromatic heterocycles. The topological polar surface area (TPSA) is 75.6 Å². The Kier molecular flexibility index (Phi) is 5.93. The average Bonchev–Trinajstić information content (AvgIpc) is 2.84. The maximum Gasteiger partial charge on any atom is 0.254 e. The van der Waals surface area contributed by atoms with Gasteiger partial charge in [-0.2, -0.15) is 0 Å². The van der Waals surface area contributed by atoms with Gasteiger partial charge < -0.3 is 14.5 Å². The van der Waals surface area contributed by atoms with Gasteiger partial charge in [-0.1, -0.05) is 30.3 Å². The number of aromatic nitrogens is 2. The van der Waals surface area contributed by atoms with Gasteiger partial charge in [0.25, 0.3) is 11.8 Å². The van der Waals surface area contributed by atoms with Gasteiger partial charge in [0, 0.05) is 48.9 Å². The fraction of sp³-hybridized carbons (Fsp3) is 0.250. The average molecular weight is 416 g/mol. The van der Waals surface area contributed by atoms with Crippen molar-refractivity contribution in [1.29, 1.82) is 0 Å². The zero-order valence-electron chi connectivity index (χ0n) is 17.6. The van der Waals surface area contributed by atoms with Crippen molar-refractivity contribution < 1.29 is 14.3 Å². The molecule has 158 valence electrons. The first-order chi connectivity index (χ1) is 15.1. The number of rotatable bonds is 4. The van der Waals surface area contributed by atoms with Crippen molar-refractivity contribution in [2.45, 2.75) is 6.92 Å². The molecular formula is C24H24N4O3. The van der Waals surface area contributed by atoms with Crippen LogP contribution in [0.1, 0.15) is 26.3 Å². The Bertz CT molecular complexity index is 1090. The molecule has 2 heterocycles. The van der Waals surface area contributed by atoms with Gasteiger partial charge in [0.15, 0.2) is 0 Å². The molecule has 2 amide bonds. The highest BCUT2D eigenvalue weighted by molar-refractivity contribution is 5.97. The van der Waals surface area contributed by atoms with E-state index in [9.17, 15) is 9.59 Å². The molecular weight excluding hydrogens is 392 g/mol. The second-order valence-electron chi connectivity index (χ2n) is 7.44. The molecule has 0 spiro atoms. The number of ether oxygens (including phenoxy) is 1. The smallest absolute Gasteiger partial charge is 0.254 e. The molecule has 1 aliphatic heterocycles. The third-order valence-electron chi connectivity index (χ3n) is 5.48. The van der Waals surface area contributed by atoms with E-state index < -0.39 is 0 Å². The van der Waals surface area contributed by atoms with E-state index in [0.29, 0.717) is 43.3 Å². The Morgan fingerprint density at radius 3 is 2.19 bits per heavy atom. The van der Waals surface area contributed by atoms with Gasteiger partial charge in [-0.3, -0.25) is 9.59 Å². The zero-order chi connectivity index (χ0) is 21.8. The minimum Gasteiger partial charge on any atom is -0.480 e. The first kappa shape index (κ1) is 20.5. The summed E-state index contributed by atoms with van der Waals surface area (Å²) < 4.78 is 5.04. The molecule has 1 fully saturated rings. The Morgan fingerprint density at radius 2 is 1.55 bits per heavy atom. The summed E-state index contributed by atoms with van der Waals surface area (Å²) in [6, 6.07) is 18.5. The van der Waals surface area contributed by atoms with Crippen LogP contribution in [0.4, 0.5) is 0 Å².